The number of carbonyl (C=O) groups excluding carboxylic acids is 1. The summed E-state index contributed by atoms with van der Waals surface area (Å²) in [7, 11) is 0. The minimum absolute atomic E-state index is 0.0207. The lowest BCUT2D eigenvalue weighted by Gasteiger charge is -2.23. The molecule has 4 N–H and O–H groups in total. The van der Waals surface area contributed by atoms with Crippen LogP contribution in [0, 0.1) is 11.6 Å². The van der Waals surface area contributed by atoms with Gasteiger partial charge in [0.15, 0.2) is 11.6 Å². The molecule has 0 spiro atoms. The number of alkyl halides is 2. The topological polar surface area (TPSA) is 102 Å². The Labute approximate surface area is 197 Å². The van der Waals surface area contributed by atoms with E-state index in [4.69, 9.17) is 26.6 Å². The predicted molar refractivity (Wildman–Crippen MR) is 118 cm³/mol. The molecule has 12 heteroatoms. The van der Waals surface area contributed by atoms with Crippen molar-refractivity contribution < 1.29 is 31.6 Å². The summed E-state index contributed by atoms with van der Waals surface area (Å²) in [5.74, 6) is -4.17. The summed E-state index contributed by atoms with van der Waals surface area (Å²) in [4.78, 5) is 12.1. The van der Waals surface area contributed by atoms with Crippen LogP contribution in [0.4, 0.5) is 28.2 Å². The van der Waals surface area contributed by atoms with Gasteiger partial charge < -0.3 is 20.3 Å². The van der Waals surface area contributed by atoms with Gasteiger partial charge in [-0.3, -0.25) is 5.32 Å². The second-order valence-corrected chi connectivity index (χ2v) is 7.74. The summed E-state index contributed by atoms with van der Waals surface area (Å²) >= 11 is 5.89. The number of ether oxygens (including phenoxy) is 1. The Kier molecular flexibility index (Phi) is 8.48. The van der Waals surface area contributed by atoms with Gasteiger partial charge in [0.1, 0.15) is 18.2 Å². The van der Waals surface area contributed by atoms with Gasteiger partial charge in [0, 0.05) is 30.6 Å². The Hall–Kier alpha value is -3.15. The third-order valence-corrected chi connectivity index (χ3v) is 5.14. The zero-order valence-corrected chi connectivity index (χ0v) is 18.4. The van der Waals surface area contributed by atoms with E-state index in [1.807, 2.05) is 0 Å². The van der Waals surface area contributed by atoms with Gasteiger partial charge in [-0.1, -0.05) is 41.0 Å². The lowest BCUT2D eigenvalue weighted by molar-refractivity contribution is -0.0145. The minimum Gasteiger partial charge on any atom is -0.448 e. The smallest absolute Gasteiger partial charge is 0.412 e. The van der Waals surface area contributed by atoms with Crippen LogP contribution in [0.25, 0.3) is 11.3 Å². The Morgan fingerprint density at radius 3 is 2.71 bits per heavy atom. The van der Waals surface area contributed by atoms with Crippen LogP contribution in [0.3, 0.4) is 0 Å². The van der Waals surface area contributed by atoms with Crippen molar-refractivity contribution in [2.75, 3.05) is 18.5 Å². The van der Waals surface area contributed by atoms with E-state index < -0.39 is 49.3 Å². The molecule has 2 aromatic carbocycles. The number of halogens is 5. The number of benzene rings is 2. The van der Waals surface area contributed by atoms with Gasteiger partial charge in [-0.15, -0.1) is 0 Å². The number of hydrogen-bond donors (Lipinski definition) is 3. The standard InChI is InChI=1S/C22H21ClF4N4O3/c23-20-14(4-2-6-17(20)25)10-29-16(9-22(26,27)12-28)11-33-21(32)30-19-8-18(34-31-19)13-3-1-5-15(24)7-13/h1-8,16,29H,9-12,28H2,(H,30,31,32)/t16-/m0/s1. The number of carbonyl (C=O) groups is 1. The molecule has 1 atom stereocenters. The highest BCUT2D eigenvalue weighted by molar-refractivity contribution is 6.31. The van der Waals surface area contributed by atoms with E-state index in [1.165, 1.54) is 42.5 Å². The van der Waals surface area contributed by atoms with Gasteiger partial charge >= 0.3 is 6.09 Å². The van der Waals surface area contributed by atoms with Crippen LogP contribution >= 0.6 is 11.6 Å². The van der Waals surface area contributed by atoms with Crippen LogP contribution in [0.2, 0.25) is 5.02 Å². The van der Waals surface area contributed by atoms with Gasteiger partial charge in [0.05, 0.1) is 11.6 Å². The SMILES string of the molecule is NCC(F)(F)C[C@@H](COC(=O)Nc1cc(-c2cccc(F)c2)on1)NCc1cccc(F)c1Cl. The van der Waals surface area contributed by atoms with Crippen LogP contribution < -0.4 is 16.4 Å². The fourth-order valence-electron chi connectivity index (χ4n) is 3.00. The molecule has 3 aromatic rings. The summed E-state index contributed by atoms with van der Waals surface area (Å²) in [5, 5.41) is 8.59. The predicted octanol–water partition coefficient (Wildman–Crippen LogP) is 4.96. The number of anilines is 1. The monoisotopic (exact) mass is 500 g/mol. The summed E-state index contributed by atoms with van der Waals surface area (Å²) < 4.78 is 64.8. The number of aromatic nitrogens is 1. The van der Waals surface area contributed by atoms with Crippen molar-refractivity contribution >= 4 is 23.5 Å². The summed E-state index contributed by atoms with van der Waals surface area (Å²) in [6.07, 6.45) is -1.72. The molecule has 1 heterocycles. The minimum atomic E-state index is -3.23. The maximum Gasteiger partial charge on any atom is 0.412 e. The molecule has 182 valence electrons. The summed E-state index contributed by atoms with van der Waals surface area (Å²) in [5.41, 5.74) is 5.86. The molecule has 34 heavy (non-hydrogen) atoms. The first kappa shape index (κ1) is 25.5. The van der Waals surface area contributed by atoms with Crippen LogP contribution in [-0.4, -0.2) is 36.4 Å². The zero-order chi connectivity index (χ0) is 24.7. The van der Waals surface area contributed by atoms with Crippen LogP contribution in [0.5, 0.6) is 0 Å². The van der Waals surface area contributed by atoms with E-state index in [1.54, 1.807) is 6.07 Å². The average Bonchev–Trinajstić information content (AvgIpc) is 3.26. The van der Waals surface area contributed by atoms with E-state index in [0.29, 0.717) is 11.1 Å². The van der Waals surface area contributed by atoms with Crippen molar-refractivity contribution in [2.24, 2.45) is 5.73 Å². The molecule has 1 aromatic heterocycles. The third kappa shape index (κ3) is 7.17. The highest BCUT2D eigenvalue weighted by Gasteiger charge is 2.31. The fourth-order valence-corrected chi connectivity index (χ4v) is 3.19. The number of hydrogen-bond acceptors (Lipinski definition) is 6. The van der Waals surface area contributed by atoms with Crippen molar-refractivity contribution in [2.45, 2.75) is 24.9 Å². The van der Waals surface area contributed by atoms with Crippen LogP contribution in [0.1, 0.15) is 12.0 Å². The molecule has 0 unspecified atom stereocenters. The van der Waals surface area contributed by atoms with Gasteiger partial charge in [-0.25, -0.2) is 22.4 Å². The van der Waals surface area contributed by atoms with E-state index in [-0.39, 0.29) is 23.1 Å². The van der Waals surface area contributed by atoms with E-state index >= 15 is 0 Å². The van der Waals surface area contributed by atoms with E-state index in [0.717, 1.165) is 0 Å². The lowest BCUT2D eigenvalue weighted by atomic mass is 10.1. The molecule has 0 saturated heterocycles. The van der Waals surface area contributed by atoms with Crippen molar-refractivity contribution in [3.8, 4) is 11.3 Å². The van der Waals surface area contributed by atoms with Gasteiger partial charge in [-0.05, 0) is 23.8 Å². The van der Waals surface area contributed by atoms with Crippen LogP contribution in [-0.2, 0) is 11.3 Å². The molecule has 0 aliphatic heterocycles. The first-order valence-electron chi connectivity index (χ1n) is 10.1. The number of rotatable bonds is 10. The molecular weight excluding hydrogens is 480 g/mol. The zero-order valence-electron chi connectivity index (χ0n) is 17.7. The van der Waals surface area contributed by atoms with Gasteiger partial charge in [0.2, 0.25) is 0 Å². The Morgan fingerprint density at radius 1 is 1.21 bits per heavy atom. The molecule has 0 saturated carbocycles. The van der Waals surface area contributed by atoms with Crippen LogP contribution in [0.15, 0.2) is 53.1 Å². The molecule has 0 aliphatic rings. The number of nitrogens with two attached hydrogens (primary N) is 1. The quantitative estimate of drug-likeness (QED) is 0.340. The van der Waals surface area contributed by atoms with E-state index in [2.05, 4.69) is 15.8 Å². The molecule has 3 rings (SSSR count). The first-order chi connectivity index (χ1) is 16.2. The van der Waals surface area contributed by atoms with E-state index in [9.17, 15) is 22.4 Å². The normalized spacial score (nSPS) is 12.4. The van der Waals surface area contributed by atoms with Crippen molar-refractivity contribution in [1.29, 1.82) is 0 Å². The fraction of sp³-hybridized carbons (Fsp3) is 0.273. The Balaban J connectivity index is 1.59. The molecule has 7 nitrogen and oxygen atoms in total. The molecule has 0 radical (unpaired) electrons. The lowest BCUT2D eigenvalue weighted by Crippen LogP contribution is -2.42. The first-order valence-corrected chi connectivity index (χ1v) is 10.5. The highest BCUT2D eigenvalue weighted by atomic mass is 35.5. The third-order valence-electron chi connectivity index (χ3n) is 4.72. The maximum atomic E-state index is 13.9. The number of nitrogens with zero attached hydrogens (tertiary/aromatic N) is 1. The Morgan fingerprint density at radius 2 is 1.97 bits per heavy atom. The summed E-state index contributed by atoms with van der Waals surface area (Å²) in [6, 6.07) is 10.0. The Bertz CT molecular complexity index is 1130. The molecule has 0 aliphatic carbocycles. The number of amides is 1. The van der Waals surface area contributed by atoms with Gasteiger partial charge in [0.25, 0.3) is 5.92 Å². The largest absolute Gasteiger partial charge is 0.448 e. The van der Waals surface area contributed by atoms with Crippen molar-refractivity contribution in [3.63, 3.8) is 0 Å². The molecule has 1 amide bonds. The number of nitrogens with one attached hydrogen (secondary N) is 2. The highest BCUT2D eigenvalue weighted by Crippen LogP contribution is 2.24. The molecular formula is C22H21ClF4N4O3. The van der Waals surface area contributed by atoms with Crippen molar-refractivity contribution in [3.05, 3.63) is 70.8 Å². The van der Waals surface area contributed by atoms with Crippen molar-refractivity contribution in [1.82, 2.24) is 10.5 Å². The maximum absolute atomic E-state index is 13.9. The summed E-state index contributed by atoms with van der Waals surface area (Å²) in [6.45, 7) is -1.41. The average molecular weight is 501 g/mol. The second kappa shape index (κ2) is 11.3. The molecule has 0 fully saturated rings. The molecule has 0 bridgehead atoms. The second-order valence-electron chi connectivity index (χ2n) is 7.37. The van der Waals surface area contributed by atoms with Gasteiger partial charge in [-0.2, -0.15) is 0 Å².